The predicted molar refractivity (Wildman–Crippen MR) is 144 cm³/mol. The van der Waals surface area contributed by atoms with E-state index in [9.17, 15) is 24.3 Å². The highest BCUT2D eigenvalue weighted by atomic mass is 16.5. The molecule has 0 spiro atoms. The summed E-state index contributed by atoms with van der Waals surface area (Å²) >= 11 is 0. The first-order valence-corrected chi connectivity index (χ1v) is 12.1. The van der Waals surface area contributed by atoms with Gasteiger partial charge in [-0.05, 0) is 42.8 Å². The Morgan fingerprint density at radius 2 is 1.88 bits per heavy atom. The van der Waals surface area contributed by atoms with Gasteiger partial charge in [0, 0.05) is 11.3 Å². The quantitative estimate of drug-likeness (QED) is 0.164. The standard InChI is InChI=1S/C28H26N4O9/c1-15-24(27(36)39-3)25(31-28(37)30-15)16-8-10-21(22(12-16)38-2)40-14-23(33)32-29-13-17-9-11-20(41-17)18-6-4-5-7-19(18)26(34)35/h4-13,25H,14H2,1-3H3,(H,32,33)(H,34,35)(H2,30,31,37)/b29-13-/t25-/m0/s1. The Bertz CT molecular complexity index is 1560. The minimum atomic E-state index is -1.08. The third kappa shape index (κ3) is 6.53. The van der Waals surface area contributed by atoms with Crippen molar-refractivity contribution < 1.29 is 42.9 Å². The zero-order valence-electron chi connectivity index (χ0n) is 22.2. The van der Waals surface area contributed by atoms with Crippen LogP contribution in [0.1, 0.15) is 34.6 Å². The summed E-state index contributed by atoms with van der Waals surface area (Å²) in [7, 11) is 2.66. The lowest BCUT2D eigenvalue weighted by atomic mass is 9.95. The average Bonchev–Trinajstić information content (AvgIpc) is 3.44. The van der Waals surface area contributed by atoms with Crippen LogP contribution in [0.3, 0.4) is 0 Å². The number of amides is 3. The van der Waals surface area contributed by atoms with Crippen molar-refractivity contribution in [3.8, 4) is 22.8 Å². The maximum atomic E-state index is 12.3. The van der Waals surface area contributed by atoms with Crippen molar-refractivity contribution in [1.29, 1.82) is 0 Å². The second kappa shape index (κ2) is 12.5. The fourth-order valence-electron chi connectivity index (χ4n) is 4.10. The molecule has 1 atom stereocenters. The summed E-state index contributed by atoms with van der Waals surface area (Å²) in [4.78, 5) is 48.1. The number of rotatable bonds is 10. The van der Waals surface area contributed by atoms with Gasteiger partial charge >= 0.3 is 18.0 Å². The van der Waals surface area contributed by atoms with E-state index >= 15 is 0 Å². The average molecular weight is 563 g/mol. The van der Waals surface area contributed by atoms with Crippen molar-refractivity contribution in [1.82, 2.24) is 16.1 Å². The molecule has 212 valence electrons. The number of carbonyl (C=O) groups is 4. The van der Waals surface area contributed by atoms with E-state index < -0.39 is 36.5 Å². The molecular formula is C28H26N4O9. The molecule has 0 aliphatic carbocycles. The van der Waals surface area contributed by atoms with Crippen LogP contribution in [0.2, 0.25) is 0 Å². The number of allylic oxidation sites excluding steroid dienone is 1. The van der Waals surface area contributed by atoms with Gasteiger partial charge < -0.3 is 34.4 Å². The minimum absolute atomic E-state index is 0.0928. The monoisotopic (exact) mass is 562 g/mol. The van der Waals surface area contributed by atoms with Crippen molar-refractivity contribution in [3.05, 3.63) is 82.8 Å². The van der Waals surface area contributed by atoms with Crippen LogP contribution in [-0.2, 0) is 14.3 Å². The highest BCUT2D eigenvalue weighted by molar-refractivity contribution is 5.96. The number of carboxylic acid groups (broad SMARTS) is 1. The van der Waals surface area contributed by atoms with Gasteiger partial charge in [-0.1, -0.05) is 24.3 Å². The molecule has 0 bridgehead atoms. The molecule has 4 rings (SSSR count). The Morgan fingerprint density at radius 1 is 1.10 bits per heavy atom. The number of carbonyl (C=O) groups excluding carboxylic acids is 3. The van der Waals surface area contributed by atoms with E-state index in [4.69, 9.17) is 18.6 Å². The van der Waals surface area contributed by atoms with E-state index in [0.29, 0.717) is 28.3 Å². The summed E-state index contributed by atoms with van der Waals surface area (Å²) in [5.41, 5.74) is 3.94. The normalized spacial score (nSPS) is 14.7. The van der Waals surface area contributed by atoms with Crippen LogP contribution in [0.15, 0.2) is 75.4 Å². The number of methoxy groups -OCH3 is 2. The van der Waals surface area contributed by atoms with Gasteiger partial charge in [-0.15, -0.1) is 0 Å². The third-order valence-electron chi connectivity index (χ3n) is 5.98. The molecule has 0 saturated carbocycles. The molecule has 3 amide bonds. The van der Waals surface area contributed by atoms with E-state index in [-0.39, 0.29) is 22.6 Å². The number of nitrogens with one attached hydrogen (secondary N) is 3. The molecule has 13 nitrogen and oxygen atoms in total. The minimum Gasteiger partial charge on any atom is -0.493 e. The molecule has 0 unspecified atom stereocenters. The molecule has 1 aromatic heterocycles. The molecular weight excluding hydrogens is 536 g/mol. The first-order chi connectivity index (χ1) is 19.7. The zero-order valence-corrected chi connectivity index (χ0v) is 22.2. The molecule has 2 aromatic carbocycles. The number of benzene rings is 2. The molecule has 13 heteroatoms. The Labute approximate surface area is 233 Å². The molecule has 41 heavy (non-hydrogen) atoms. The first kappa shape index (κ1) is 28.4. The van der Waals surface area contributed by atoms with Gasteiger partial charge in [0.2, 0.25) is 0 Å². The predicted octanol–water partition coefficient (Wildman–Crippen LogP) is 2.98. The number of aromatic carboxylic acids is 1. The fraction of sp³-hybridized carbons (Fsp3) is 0.179. The van der Waals surface area contributed by atoms with Gasteiger partial charge in [-0.25, -0.2) is 19.8 Å². The van der Waals surface area contributed by atoms with Crippen molar-refractivity contribution in [2.24, 2.45) is 5.10 Å². The lowest BCUT2D eigenvalue weighted by Gasteiger charge is -2.28. The van der Waals surface area contributed by atoms with Crippen LogP contribution < -0.4 is 25.5 Å². The summed E-state index contributed by atoms with van der Waals surface area (Å²) in [5.74, 6) is -1.13. The van der Waals surface area contributed by atoms with E-state index in [1.54, 1.807) is 55.5 Å². The van der Waals surface area contributed by atoms with Crippen molar-refractivity contribution in [2.45, 2.75) is 13.0 Å². The van der Waals surface area contributed by atoms with E-state index in [0.717, 1.165) is 0 Å². The second-order valence-electron chi connectivity index (χ2n) is 8.61. The topological polar surface area (TPSA) is 178 Å². The summed E-state index contributed by atoms with van der Waals surface area (Å²) in [6.45, 7) is 1.19. The fourth-order valence-corrected chi connectivity index (χ4v) is 4.10. The summed E-state index contributed by atoms with van der Waals surface area (Å²) < 4.78 is 21.5. The summed E-state index contributed by atoms with van der Waals surface area (Å²) in [5, 5.41) is 18.4. The molecule has 2 heterocycles. The van der Waals surface area contributed by atoms with Gasteiger partial charge in [0.1, 0.15) is 11.5 Å². The van der Waals surface area contributed by atoms with Crippen LogP contribution in [0, 0.1) is 0 Å². The van der Waals surface area contributed by atoms with Crippen LogP contribution in [0.5, 0.6) is 11.5 Å². The Kier molecular flexibility index (Phi) is 8.67. The zero-order chi connectivity index (χ0) is 29.5. The lowest BCUT2D eigenvalue weighted by molar-refractivity contribution is -0.136. The molecule has 0 saturated heterocycles. The number of urea groups is 1. The first-order valence-electron chi connectivity index (χ1n) is 12.1. The highest BCUT2D eigenvalue weighted by Crippen LogP contribution is 2.34. The Balaban J connectivity index is 1.38. The third-order valence-corrected chi connectivity index (χ3v) is 5.98. The van der Waals surface area contributed by atoms with Crippen molar-refractivity contribution in [3.63, 3.8) is 0 Å². The smallest absolute Gasteiger partial charge is 0.337 e. The van der Waals surface area contributed by atoms with Crippen LogP contribution in [0.25, 0.3) is 11.3 Å². The maximum absolute atomic E-state index is 12.3. The molecule has 3 aromatic rings. The van der Waals surface area contributed by atoms with E-state index in [1.165, 1.54) is 26.5 Å². The number of furan rings is 1. The molecule has 1 aliphatic rings. The SMILES string of the molecule is COC(=O)C1=C(C)NC(=O)N[C@H]1c1ccc(OCC(=O)N/N=C\c2ccc(-c3ccccc3C(=O)O)o2)c(OC)c1. The van der Waals surface area contributed by atoms with Gasteiger partial charge in [-0.3, -0.25) is 4.79 Å². The highest BCUT2D eigenvalue weighted by Gasteiger charge is 2.32. The maximum Gasteiger partial charge on any atom is 0.337 e. The molecule has 4 N–H and O–H groups in total. The van der Waals surface area contributed by atoms with Gasteiger partial charge in [0.05, 0.1) is 37.6 Å². The van der Waals surface area contributed by atoms with Crippen LogP contribution in [0.4, 0.5) is 4.79 Å². The number of hydrazone groups is 1. The Hall–Kier alpha value is -5.59. The number of ether oxygens (including phenoxy) is 3. The van der Waals surface area contributed by atoms with Crippen LogP contribution in [-0.4, -0.2) is 56.0 Å². The summed E-state index contributed by atoms with van der Waals surface area (Å²) in [6.07, 6.45) is 1.27. The van der Waals surface area contributed by atoms with Crippen LogP contribution >= 0.6 is 0 Å². The number of hydrogen-bond donors (Lipinski definition) is 4. The largest absolute Gasteiger partial charge is 0.493 e. The van der Waals surface area contributed by atoms with Gasteiger partial charge in [-0.2, -0.15) is 5.10 Å². The number of esters is 1. The second-order valence-corrected chi connectivity index (χ2v) is 8.61. The van der Waals surface area contributed by atoms with Crippen molar-refractivity contribution in [2.75, 3.05) is 20.8 Å². The molecule has 1 aliphatic heterocycles. The number of hydrogen-bond acceptors (Lipinski definition) is 9. The number of nitrogens with zero attached hydrogens (tertiary/aromatic N) is 1. The number of carboxylic acids is 1. The van der Waals surface area contributed by atoms with Gasteiger partial charge in [0.15, 0.2) is 18.1 Å². The van der Waals surface area contributed by atoms with E-state index in [1.807, 2.05) is 0 Å². The van der Waals surface area contributed by atoms with Gasteiger partial charge in [0.25, 0.3) is 5.91 Å². The Morgan fingerprint density at radius 3 is 2.61 bits per heavy atom. The molecule has 0 fully saturated rings. The van der Waals surface area contributed by atoms with E-state index in [2.05, 4.69) is 21.2 Å². The summed E-state index contributed by atoms with van der Waals surface area (Å²) in [6, 6.07) is 13.1. The lowest BCUT2D eigenvalue weighted by Crippen LogP contribution is -2.45. The van der Waals surface area contributed by atoms with Crippen molar-refractivity contribution >= 4 is 30.1 Å². The molecule has 0 radical (unpaired) electrons.